The third-order valence-electron chi connectivity index (χ3n) is 3.43. The van der Waals surface area contributed by atoms with E-state index >= 15 is 0 Å². The van der Waals surface area contributed by atoms with Crippen LogP contribution in [0.1, 0.15) is 18.1 Å². The van der Waals surface area contributed by atoms with Gasteiger partial charge in [0.05, 0.1) is 0 Å². The van der Waals surface area contributed by atoms with Gasteiger partial charge in [-0.05, 0) is 49.6 Å². The molecule has 0 spiro atoms. The molecule has 1 unspecified atom stereocenters. The number of halogens is 1. The summed E-state index contributed by atoms with van der Waals surface area (Å²) in [5, 5.41) is 0. The van der Waals surface area contributed by atoms with Crippen LogP contribution in [0.15, 0.2) is 46.9 Å². The van der Waals surface area contributed by atoms with Crippen molar-refractivity contribution >= 4 is 27.3 Å². The molecule has 0 aromatic heterocycles. The highest BCUT2D eigenvalue weighted by Crippen LogP contribution is 2.32. The van der Waals surface area contributed by atoms with Gasteiger partial charge in [0.25, 0.3) is 0 Å². The summed E-state index contributed by atoms with van der Waals surface area (Å²) in [6.07, 6.45) is 0.874. The Hall–Kier alpha value is -1.32. The second-order valence-electron chi connectivity index (χ2n) is 5.30. The Labute approximate surface area is 129 Å². The molecule has 0 aliphatic heterocycles. The van der Waals surface area contributed by atoms with Crippen LogP contribution in [-0.4, -0.2) is 13.1 Å². The summed E-state index contributed by atoms with van der Waals surface area (Å²) in [6.45, 7) is 4.18. The Bertz CT molecular complexity index is 593. The van der Waals surface area contributed by atoms with Crippen molar-refractivity contribution in [3.8, 4) is 0 Å². The van der Waals surface area contributed by atoms with Crippen LogP contribution >= 0.6 is 15.9 Å². The molecule has 0 radical (unpaired) electrons. The lowest BCUT2D eigenvalue weighted by Crippen LogP contribution is -2.20. The number of anilines is 2. The number of nitrogens with two attached hydrogens (primary N) is 1. The van der Waals surface area contributed by atoms with E-state index in [1.54, 1.807) is 0 Å². The van der Waals surface area contributed by atoms with E-state index < -0.39 is 0 Å². The van der Waals surface area contributed by atoms with Crippen LogP contribution in [0.4, 0.5) is 11.4 Å². The van der Waals surface area contributed by atoms with Crippen LogP contribution in [0.3, 0.4) is 0 Å². The Balaban J connectivity index is 2.45. The summed E-state index contributed by atoms with van der Waals surface area (Å²) in [6, 6.07) is 15.0. The zero-order valence-corrected chi connectivity index (χ0v) is 13.8. The van der Waals surface area contributed by atoms with Gasteiger partial charge in [-0.2, -0.15) is 0 Å². The SMILES string of the molecule is Cc1ccccc1N(C)c1cc(Br)ccc1CC(C)N. The molecule has 1 atom stereocenters. The smallest absolute Gasteiger partial charge is 0.0452 e. The molecule has 0 amide bonds. The lowest BCUT2D eigenvalue weighted by atomic mass is 10.0. The van der Waals surface area contributed by atoms with Crippen LogP contribution in [0.5, 0.6) is 0 Å². The second kappa shape index (κ2) is 6.42. The highest BCUT2D eigenvalue weighted by atomic mass is 79.9. The first-order valence-electron chi connectivity index (χ1n) is 6.82. The minimum Gasteiger partial charge on any atom is -0.344 e. The molecular formula is C17H21BrN2. The van der Waals surface area contributed by atoms with Gasteiger partial charge in [0.15, 0.2) is 0 Å². The molecule has 2 aromatic rings. The number of nitrogens with zero attached hydrogens (tertiary/aromatic N) is 1. The minimum atomic E-state index is 0.153. The van der Waals surface area contributed by atoms with Gasteiger partial charge in [-0.1, -0.05) is 40.2 Å². The maximum absolute atomic E-state index is 5.97. The highest BCUT2D eigenvalue weighted by molar-refractivity contribution is 9.10. The zero-order chi connectivity index (χ0) is 14.7. The Kier molecular flexibility index (Phi) is 4.84. The van der Waals surface area contributed by atoms with Crippen molar-refractivity contribution in [3.05, 3.63) is 58.1 Å². The minimum absolute atomic E-state index is 0.153. The van der Waals surface area contributed by atoms with E-state index in [1.165, 1.54) is 22.5 Å². The molecule has 0 saturated carbocycles. The number of para-hydroxylation sites is 1. The van der Waals surface area contributed by atoms with Crippen LogP contribution in [0.2, 0.25) is 0 Å². The van der Waals surface area contributed by atoms with Crippen molar-refractivity contribution < 1.29 is 0 Å². The van der Waals surface area contributed by atoms with Crippen LogP contribution < -0.4 is 10.6 Å². The van der Waals surface area contributed by atoms with Crippen molar-refractivity contribution in [2.75, 3.05) is 11.9 Å². The molecule has 0 heterocycles. The monoisotopic (exact) mass is 332 g/mol. The van der Waals surface area contributed by atoms with E-state index in [1.807, 2.05) is 6.92 Å². The van der Waals surface area contributed by atoms with Crippen LogP contribution in [0.25, 0.3) is 0 Å². The predicted octanol–water partition coefficient (Wildman–Crippen LogP) is 4.42. The second-order valence-corrected chi connectivity index (χ2v) is 6.22. The Morgan fingerprint density at radius 3 is 2.50 bits per heavy atom. The predicted molar refractivity (Wildman–Crippen MR) is 90.7 cm³/mol. The maximum atomic E-state index is 5.97. The van der Waals surface area contributed by atoms with Gasteiger partial charge in [0.2, 0.25) is 0 Å². The quantitative estimate of drug-likeness (QED) is 0.898. The highest BCUT2D eigenvalue weighted by Gasteiger charge is 2.12. The first-order chi connectivity index (χ1) is 9.49. The van der Waals surface area contributed by atoms with Crippen molar-refractivity contribution in [2.24, 2.45) is 5.73 Å². The molecule has 0 bridgehead atoms. The van der Waals surface area contributed by atoms with Gasteiger partial charge < -0.3 is 10.6 Å². The summed E-state index contributed by atoms with van der Waals surface area (Å²) in [4.78, 5) is 2.23. The maximum Gasteiger partial charge on any atom is 0.0452 e. The standard InChI is InChI=1S/C17H21BrN2/c1-12-6-4-5-7-16(12)20(3)17-11-15(18)9-8-14(17)10-13(2)19/h4-9,11,13H,10,19H2,1-3H3. The third kappa shape index (κ3) is 3.41. The van der Waals surface area contributed by atoms with Gasteiger partial charge in [-0.25, -0.2) is 0 Å². The van der Waals surface area contributed by atoms with Gasteiger partial charge in [0.1, 0.15) is 0 Å². The average molecular weight is 333 g/mol. The molecule has 0 aliphatic rings. The fourth-order valence-electron chi connectivity index (χ4n) is 2.44. The lowest BCUT2D eigenvalue weighted by Gasteiger charge is -2.25. The summed E-state index contributed by atoms with van der Waals surface area (Å²) >= 11 is 3.56. The molecule has 3 heteroatoms. The van der Waals surface area contributed by atoms with Crippen molar-refractivity contribution in [1.29, 1.82) is 0 Å². The number of hydrogen-bond donors (Lipinski definition) is 1. The molecule has 0 fully saturated rings. The molecule has 2 N–H and O–H groups in total. The Morgan fingerprint density at radius 2 is 1.85 bits per heavy atom. The molecule has 0 aliphatic carbocycles. The normalized spacial score (nSPS) is 12.2. The van der Waals surface area contributed by atoms with E-state index in [4.69, 9.17) is 5.73 Å². The topological polar surface area (TPSA) is 29.3 Å². The molecule has 2 nitrogen and oxygen atoms in total. The summed E-state index contributed by atoms with van der Waals surface area (Å²) < 4.78 is 1.08. The average Bonchev–Trinajstić information content (AvgIpc) is 2.40. The van der Waals surface area contributed by atoms with E-state index in [0.717, 1.165) is 10.9 Å². The van der Waals surface area contributed by atoms with Gasteiger partial charge in [0, 0.05) is 28.9 Å². The number of aryl methyl sites for hydroxylation is 1. The first-order valence-corrected chi connectivity index (χ1v) is 7.61. The van der Waals surface area contributed by atoms with E-state index in [0.29, 0.717) is 0 Å². The first kappa shape index (κ1) is 15.1. The fourth-order valence-corrected chi connectivity index (χ4v) is 2.79. The summed E-state index contributed by atoms with van der Waals surface area (Å²) in [7, 11) is 2.11. The molecule has 2 aromatic carbocycles. The number of hydrogen-bond acceptors (Lipinski definition) is 2. The summed E-state index contributed by atoms with van der Waals surface area (Å²) in [5.74, 6) is 0. The molecular weight excluding hydrogens is 312 g/mol. The largest absolute Gasteiger partial charge is 0.344 e. The third-order valence-corrected chi connectivity index (χ3v) is 3.92. The van der Waals surface area contributed by atoms with Crippen LogP contribution in [0, 0.1) is 6.92 Å². The summed E-state index contributed by atoms with van der Waals surface area (Å²) in [5.41, 5.74) is 10.9. The van der Waals surface area contributed by atoms with Crippen molar-refractivity contribution in [3.63, 3.8) is 0 Å². The Morgan fingerprint density at radius 1 is 1.15 bits per heavy atom. The lowest BCUT2D eigenvalue weighted by molar-refractivity contribution is 0.737. The molecule has 106 valence electrons. The molecule has 0 saturated heterocycles. The fraction of sp³-hybridized carbons (Fsp3) is 0.294. The zero-order valence-electron chi connectivity index (χ0n) is 12.2. The molecule has 2 rings (SSSR count). The number of benzene rings is 2. The van der Waals surface area contributed by atoms with Crippen molar-refractivity contribution in [1.82, 2.24) is 0 Å². The number of rotatable bonds is 4. The van der Waals surface area contributed by atoms with E-state index in [2.05, 4.69) is 77.3 Å². The van der Waals surface area contributed by atoms with Gasteiger partial charge in [-0.3, -0.25) is 0 Å². The van der Waals surface area contributed by atoms with E-state index in [9.17, 15) is 0 Å². The molecule has 20 heavy (non-hydrogen) atoms. The van der Waals surface area contributed by atoms with Crippen molar-refractivity contribution in [2.45, 2.75) is 26.3 Å². The van der Waals surface area contributed by atoms with Gasteiger partial charge in [-0.15, -0.1) is 0 Å². The van der Waals surface area contributed by atoms with E-state index in [-0.39, 0.29) is 6.04 Å². The van der Waals surface area contributed by atoms with Gasteiger partial charge >= 0.3 is 0 Å². The van der Waals surface area contributed by atoms with Crippen LogP contribution in [-0.2, 0) is 6.42 Å².